The highest BCUT2D eigenvalue weighted by molar-refractivity contribution is 5.94. The highest BCUT2D eigenvalue weighted by atomic mass is 16.6. The van der Waals surface area contributed by atoms with Crippen LogP contribution in [0.2, 0.25) is 0 Å². The van der Waals surface area contributed by atoms with Gasteiger partial charge in [-0.1, -0.05) is 67.1 Å². The topological polar surface area (TPSA) is 193 Å². The van der Waals surface area contributed by atoms with Crippen molar-refractivity contribution in [1.29, 1.82) is 0 Å². The number of hydrogen-bond donors (Lipinski definition) is 2. The Balaban J connectivity index is 1.26. The SMILES string of the molecule is CCn1nnc([C@H]2O[C@@H](n3cnc4c(NCC(c5ccccc5)c5ccccc5)nc(C(=O)NCCN5CCCCC5)nc43)[C@H](OC(C)=O)[C@H]2OC(C)=O)n1. The van der Waals surface area contributed by atoms with Crippen LogP contribution in [0, 0.1) is 0 Å². The summed E-state index contributed by atoms with van der Waals surface area (Å²) in [6.07, 6.45) is 0.461. The molecule has 1 amide bonds. The number of carbonyl (C=O) groups is 3. The van der Waals surface area contributed by atoms with E-state index in [1.807, 2.05) is 43.3 Å². The summed E-state index contributed by atoms with van der Waals surface area (Å²) in [5.41, 5.74) is 2.75. The van der Waals surface area contributed by atoms with E-state index in [0.717, 1.165) is 37.1 Å². The number of benzene rings is 2. The lowest BCUT2D eigenvalue weighted by Crippen LogP contribution is -2.38. The molecule has 7 rings (SSSR count). The van der Waals surface area contributed by atoms with E-state index < -0.39 is 42.4 Å². The number of fused-ring (bicyclic) bond motifs is 1. The number of imidazole rings is 1. The number of piperidine rings is 1. The van der Waals surface area contributed by atoms with Gasteiger partial charge in [0.15, 0.2) is 41.5 Å². The zero-order valence-corrected chi connectivity index (χ0v) is 31.1. The number of esters is 2. The summed E-state index contributed by atoms with van der Waals surface area (Å²) in [7, 11) is 0. The van der Waals surface area contributed by atoms with Crippen LogP contribution >= 0.6 is 0 Å². The Bertz CT molecular complexity index is 2050. The molecule has 0 unspecified atom stereocenters. The number of hydrogen-bond acceptors (Lipinski definition) is 14. The quantitative estimate of drug-likeness (QED) is 0.157. The molecule has 2 saturated heterocycles. The lowest BCUT2D eigenvalue weighted by molar-refractivity contribution is -0.165. The molecule has 0 bridgehead atoms. The second kappa shape index (κ2) is 17.1. The fourth-order valence-corrected chi connectivity index (χ4v) is 7.13. The number of nitrogens with zero attached hydrogens (tertiary/aromatic N) is 9. The molecule has 17 nitrogen and oxygen atoms in total. The van der Waals surface area contributed by atoms with Gasteiger partial charge in [-0.2, -0.15) is 4.80 Å². The summed E-state index contributed by atoms with van der Waals surface area (Å²) in [5.74, 6) is -1.42. The van der Waals surface area contributed by atoms with Crippen LogP contribution in [0.15, 0.2) is 67.0 Å². The van der Waals surface area contributed by atoms with Gasteiger partial charge in [0, 0.05) is 39.4 Å². The largest absolute Gasteiger partial charge is 0.455 e. The summed E-state index contributed by atoms with van der Waals surface area (Å²) in [6, 6.07) is 20.2. The number of ether oxygens (including phenoxy) is 3. The van der Waals surface area contributed by atoms with Gasteiger partial charge in [-0.3, -0.25) is 19.0 Å². The summed E-state index contributed by atoms with van der Waals surface area (Å²) < 4.78 is 19.5. The highest BCUT2D eigenvalue weighted by Gasteiger charge is 2.53. The third-order valence-electron chi connectivity index (χ3n) is 9.74. The van der Waals surface area contributed by atoms with Crippen LogP contribution in [0.4, 0.5) is 5.82 Å². The van der Waals surface area contributed by atoms with Gasteiger partial charge >= 0.3 is 11.9 Å². The maximum Gasteiger partial charge on any atom is 0.303 e. The Morgan fingerprint density at radius 2 is 1.58 bits per heavy atom. The van der Waals surface area contributed by atoms with Crippen molar-refractivity contribution in [2.75, 3.05) is 38.0 Å². The molecule has 0 aliphatic carbocycles. The van der Waals surface area contributed by atoms with Crippen LogP contribution < -0.4 is 10.6 Å². The predicted octanol–water partition coefficient (Wildman–Crippen LogP) is 3.43. The monoisotopic (exact) mass is 751 g/mol. The van der Waals surface area contributed by atoms with Gasteiger partial charge < -0.3 is 29.7 Å². The number of aromatic nitrogens is 8. The molecule has 2 aromatic carbocycles. The van der Waals surface area contributed by atoms with Crippen LogP contribution in [-0.4, -0.2) is 107 Å². The lowest BCUT2D eigenvalue weighted by Gasteiger charge is -2.26. The minimum atomic E-state index is -1.17. The molecule has 288 valence electrons. The molecule has 0 saturated carbocycles. The van der Waals surface area contributed by atoms with Crippen LogP contribution in [0.3, 0.4) is 0 Å². The van der Waals surface area contributed by atoms with E-state index in [1.54, 1.807) is 4.57 Å². The third kappa shape index (κ3) is 8.62. The highest BCUT2D eigenvalue weighted by Crippen LogP contribution is 2.42. The number of carbonyl (C=O) groups excluding carboxylic acids is 3. The van der Waals surface area contributed by atoms with E-state index in [1.165, 1.54) is 31.4 Å². The van der Waals surface area contributed by atoms with Crippen molar-refractivity contribution in [3.05, 3.63) is 89.8 Å². The average molecular weight is 752 g/mol. The number of amides is 1. The van der Waals surface area contributed by atoms with Crippen molar-refractivity contribution in [3.8, 4) is 0 Å². The first kappa shape index (κ1) is 37.5. The van der Waals surface area contributed by atoms with E-state index in [0.29, 0.717) is 37.5 Å². The molecular weight excluding hydrogens is 706 g/mol. The standard InChI is InChI=1S/C38H45N11O6/c1-4-49-45-34(44-46-49)31-30(53-24(2)50)32(54-25(3)51)38(55-31)48-23-41-29-33(40-22-28(26-14-8-5-9-15-26)27-16-10-6-11-17-27)42-35(43-36(29)48)37(52)39-18-21-47-19-12-7-13-20-47/h5-6,8-11,14-17,23,28,30-32,38H,4,7,12-13,18-22H2,1-3H3,(H,39,52)(H,40,42,43)/t30-,31-,32+,38+/m0/s1. The van der Waals surface area contributed by atoms with Crippen LogP contribution in [0.25, 0.3) is 11.2 Å². The molecule has 2 N–H and O–H groups in total. The molecule has 3 aromatic heterocycles. The smallest absolute Gasteiger partial charge is 0.303 e. The van der Waals surface area contributed by atoms with Crippen molar-refractivity contribution in [2.24, 2.45) is 0 Å². The first-order valence-corrected chi connectivity index (χ1v) is 18.7. The van der Waals surface area contributed by atoms with Crippen LogP contribution in [0.5, 0.6) is 0 Å². The van der Waals surface area contributed by atoms with Crippen LogP contribution in [-0.2, 0) is 30.3 Å². The first-order valence-electron chi connectivity index (χ1n) is 18.7. The van der Waals surface area contributed by atoms with Gasteiger partial charge in [0.25, 0.3) is 5.91 Å². The first-order chi connectivity index (χ1) is 26.8. The minimum absolute atomic E-state index is 0.0721. The van der Waals surface area contributed by atoms with E-state index in [2.05, 4.69) is 60.2 Å². The van der Waals surface area contributed by atoms with Gasteiger partial charge in [0.1, 0.15) is 0 Å². The Morgan fingerprint density at radius 3 is 2.22 bits per heavy atom. The van der Waals surface area contributed by atoms with Gasteiger partial charge in [-0.15, -0.1) is 10.2 Å². The van der Waals surface area contributed by atoms with Gasteiger partial charge in [-0.05, 0) is 49.2 Å². The molecule has 17 heteroatoms. The molecule has 2 aliphatic rings. The molecule has 2 fully saturated rings. The number of nitrogens with one attached hydrogen (secondary N) is 2. The van der Waals surface area contributed by atoms with Gasteiger partial charge in [0.2, 0.25) is 11.6 Å². The molecule has 5 heterocycles. The minimum Gasteiger partial charge on any atom is -0.455 e. The van der Waals surface area contributed by atoms with E-state index in [9.17, 15) is 14.4 Å². The van der Waals surface area contributed by atoms with Gasteiger partial charge in [-0.25, -0.2) is 15.0 Å². The Hall–Kier alpha value is -5.81. The maximum absolute atomic E-state index is 13.8. The van der Waals surface area contributed by atoms with Crippen LogP contribution in [0.1, 0.15) is 85.9 Å². The molecule has 2 aliphatic heterocycles. The van der Waals surface area contributed by atoms with Crippen molar-refractivity contribution in [1.82, 2.24) is 49.9 Å². The van der Waals surface area contributed by atoms with E-state index >= 15 is 0 Å². The van der Waals surface area contributed by atoms with Crippen molar-refractivity contribution in [2.45, 2.75) is 77.0 Å². The van der Waals surface area contributed by atoms with Crippen molar-refractivity contribution >= 4 is 34.8 Å². The third-order valence-corrected chi connectivity index (χ3v) is 9.74. The second-order valence-corrected chi connectivity index (χ2v) is 13.6. The van der Waals surface area contributed by atoms with Crippen molar-refractivity contribution < 1.29 is 28.6 Å². The number of likely N-dealkylation sites (tertiary alicyclic amines) is 1. The van der Waals surface area contributed by atoms with Crippen molar-refractivity contribution in [3.63, 3.8) is 0 Å². The molecule has 55 heavy (non-hydrogen) atoms. The summed E-state index contributed by atoms with van der Waals surface area (Å²) in [6.45, 7) is 8.32. The maximum atomic E-state index is 13.8. The summed E-state index contributed by atoms with van der Waals surface area (Å²) in [5, 5.41) is 19.0. The lowest BCUT2D eigenvalue weighted by atomic mass is 9.91. The zero-order valence-electron chi connectivity index (χ0n) is 31.1. The van der Waals surface area contributed by atoms with E-state index in [-0.39, 0.29) is 23.2 Å². The normalized spacial score (nSPS) is 20.1. The zero-order chi connectivity index (χ0) is 38.3. The number of tetrazole rings is 1. The number of rotatable bonds is 14. The Kier molecular flexibility index (Phi) is 11.7. The fraction of sp³-hybridized carbons (Fsp3) is 0.447. The fourth-order valence-electron chi connectivity index (χ4n) is 7.13. The molecular formula is C38H45N11O6. The summed E-state index contributed by atoms with van der Waals surface area (Å²) >= 11 is 0. The van der Waals surface area contributed by atoms with E-state index in [4.69, 9.17) is 24.2 Å². The molecule has 0 radical (unpaired) electrons. The molecule has 0 spiro atoms. The second-order valence-electron chi connectivity index (χ2n) is 13.6. The Morgan fingerprint density at radius 1 is 0.909 bits per heavy atom. The summed E-state index contributed by atoms with van der Waals surface area (Å²) in [4.78, 5) is 56.5. The average Bonchev–Trinajstić information content (AvgIpc) is 3.93. The predicted molar refractivity (Wildman–Crippen MR) is 199 cm³/mol. The number of aryl methyl sites for hydroxylation is 1. The van der Waals surface area contributed by atoms with Gasteiger partial charge in [0.05, 0.1) is 12.9 Å². The Labute approximate surface area is 317 Å². The molecule has 4 atom stereocenters. The molecule has 5 aromatic rings. The number of anilines is 1.